The number of carbonyl (C=O) groups is 2. The highest BCUT2D eigenvalue weighted by Gasteiger charge is 2.25. The molecule has 102 valence electrons. The van der Waals surface area contributed by atoms with Crippen LogP contribution in [0.25, 0.3) is 0 Å². The van der Waals surface area contributed by atoms with Crippen molar-refractivity contribution in [2.45, 2.75) is 19.8 Å². The lowest BCUT2D eigenvalue weighted by Gasteiger charge is -2.30. The number of amides is 2. The van der Waals surface area contributed by atoms with Crippen molar-refractivity contribution in [2.75, 3.05) is 32.7 Å². The number of piperidine rings is 1. The molecule has 0 bridgehead atoms. The van der Waals surface area contributed by atoms with E-state index in [1.165, 1.54) is 0 Å². The van der Waals surface area contributed by atoms with Crippen LogP contribution in [0, 0.1) is 5.92 Å². The van der Waals surface area contributed by atoms with Crippen molar-refractivity contribution in [3.63, 3.8) is 0 Å². The standard InChI is InChI=1S/C13H23N3O2/c1-3-7-15-12(17)10-16-8-5-11(6-9-16)13(18)14-4-2/h3,11H,1,4-10H2,2H3,(H,14,18)(H,15,17). The van der Waals surface area contributed by atoms with Crippen LogP contribution in [0.1, 0.15) is 19.8 Å². The molecule has 0 radical (unpaired) electrons. The van der Waals surface area contributed by atoms with Crippen LogP contribution in [0.3, 0.4) is 0 Å². The molecule has 2 amide bonds. The molecule has 0 saturated carbocycles. The van der Waals surface area contributed by atoms with Crippen LogP contribution < -0.4 is 10.6 Å². The second-order valence-corrected chi connectivity index (χ2v) is 4.54. The molecule has 1 saturated heterocycles. The summed E-state index contributed by atoms with van der Waals surface area (Å²) in [7, 11) is 0. The number of nitrogens with one attached hydrogen (secondary N) is 2. The Kier molecular flexibility index (Phi) is 6.43. The van der Waals surface area contributed by atoms with Gasteiger partial charge in [-0.1, -0.05) is 6.08 Å². The maximum Gasteiger partial charge on any atom is 0.234 e. The summed E-state index contributed by atoms with van der Waals surface area (Å²) in [6.45, 7) is 8.70. The van der Waals surface area contributed by atoms with E-state index in [1.54, 1.807) is 6.08 Å². The van der Waals surface area contributed by atoms with Gasteiger partial charge in [-0.05, 0) is 32.9 Å². The minimum atomic E-state index is 0.0198. The van der Waals surface area contributed by atoms with Crippen LogP contribution in [0.15, 0.2) is 12.7 Å². The van der Waals surface area contributed by atoms with E-state index in [0.717, 1.165) is 25.9 Å². The highest BCUT2D eigenvalue weighted by Crippen LogP contribution is 2.16. The van der Waals surface area contributed by atoms with Gasteiger partial charge in [-0.25, -0.2) is 0 Å². The predicted molar refractivity (Wildman–Crippen MR) is 71.1 cm³/mol. The van der Waals surface area contributed by atoms with Gasteiger partial charge in [-0.2, -0.15) is 0 Å². The van der Waals surface area contributed by atoms with Gasteiger partial charge in [0.15, 0.2) is 0 Å². The molecule has 0 spiro atoms. The van der Waals surface area contributed by atoms with Crippen molar-refractivity contribution in [1.29, 1.82) is 0 Å². The van der Waals surface area contributed by atoms with E-state index in [2.05, 4.69) is 22.1 Å². The maximum atomic E-state index is 11.6. The van der Waals surface area contributed by atoms with Crippen LogP contribution in [-0.2, 0) is 9.59 Å². The summed E-state index contributed by atoms with van der Waals surface area (Å²) < 4.78 is 0. The molecule has 0 aliphatic carbocycles. The van der Waals surface area contributed by atoms with Crippen LogP contribution in [0.4, 0.5) is 0 Å². The van der Waals surface area contributed by atoms with E-state index in [1.807, 2.05) is 6.92 Å². The van der Waals surface area contributed by atoms with Gasteiger partial charge in [0.25, 0.3) is 0 Å². The molecule has 0 unspecified atom stereocenters. The molecule has 1 aliphatic heterocycles. The van der Waals surface area contributed by atoms with Gasteiger partial charge in [-0.15, -0.1) is 6.58 Å². The largest absolute Gasteiger partial charge is 0.356 e. The Morgan fingerprint density at radius 3 is 2.56 bits per heavy atom. The molecule has 0 aromatic carbocycles. The van der Waals surface area contributed by atoms with Gasteiger partial charge in [0, 0.05) is 19.0 Å². The monoisotopic (exact) mass is 253 g/mol. The lowest BCUT2D eigenvalue weighted by atomic mass is 9.96. The summed E-state index contributed by atoms with van der Waals surface area (Å²) in [5, 5.41) is 5.61. The molecule has 2 N–H and O–H groups in total. The molecule has 1 heterocycles. The summed E-state index contributed by atoms with van der Waals surface area (Å²) in [5.74, 6) is 0.275. The SMILES string of the molecule is C=CCNC(=O)CN1CCC(C(=O)NCC)CC1. The van der Waals surface area contributed by atoms with E-state index in [9.17, 15) is 9.59 Å². The van der Waals surface area contributed by atoms with Crippen molar-refractivity contribution in [3.05, 3.63) is 12.7 Å². The molecule has 0 atom stereocenters. The summed E-state index contributed by atoms with van der Waals surface area (Å²) in [5.41, 5.74) is 0. The summed E-state index contributed by atoms with van der Waals surface area (Å²) in [4.78, 5) is 25.2. The normalized spacial score (nSPS) is 17.2. The van der Waals surface area contributed by atoms with E-state index < -0.39 is 0 Å². The first-order valence-corrected chi connectivity index (χ1v) is 6.55. The molecule has 18 heavy (non-hydrogen) atoms. The molecule has 5 nitrogen and oxygen atoms in total. The van der Waals surface area contributed by atoms with Crippen LogP contribution in [0.5, 0.6) is 0 Å². The second kappa shape index (κ2) is 7.87. The Morgan fingerprint density at radius 2 is 2.00 bits per heavy atom. The van der Waals surface area contributed by atoms with Gasteiger partial charge in [0.2, 0.25) is 11.8 Å². The fraction of sp³-hybridized carbons (Fsp3) is 0.692. The number of likely N-dealkylation sites (tertiary alicyclic amines) is 1. The number of hydrogen-bond donors (Lipinski definition) is 2. The van der Waals surface area contributed by atoms with Crippen molar-refractivity contribution < 1.29 is 9.59 Å². The van der Waals surface area contributed by atoms with E-state index in [0.29, 0.717) is 19.6 Å². The average Bonchev–Trinajstić information content (AvgIpc) is 2.37. The van der Waals surface area contributed by atoms with Crippen molar-refractivity contribution in [2.24, 2.45) is 5.92 Å². The molecular formula is C13H23N3O2. The van der Waals surface area contributed by atoms with Crippen LogP contribution in [0.2, 0.25) is 0 Å². The smallest absolute Gasteiger partial charge is 0.234 e. The summed E-state index contributed by atoms with van der Waals surface area (Å²) >= 11 is 0. The molecule has 0 aromatic heterocycles. The first-order chi connectivity index (χ1) is 8.67. The van der Waals surface area contributed by atoms with Gasteiger partial charge in [-0.3, -0.25) is 14.5 Å². The Hall–Kier alpha value is -1.36. The van der Waals surface area contributed by atoms with E-state index in [4.69, 9.17) is 0 Å². The Morgan fingerprint density at radius 1 is 1.33 bits per heavy atom. The Balaban J connectivity index is 2.24. The van der Waals surface area contributed by atoms with Gasteiger partial charge < -0.3 is 10.6 Å². The number of rotatable bonds is 6. The molecule has 0 aromatic rings. The van der Waals surface area contributed by atoms with Crippen molar-refractivity contribution >= 4 is 11.8 Å². The molecule has 5 heteroatoms. The Labute approximate surface area is 109 Å². The summed E-state index contributed by atoms with van der Waals surface area (Å²) in [6.07, 6.45) is 3.33. The summed E-state index contributed by atoms with van der Waals surface area (Å²) in [6, 6.07) is 0. The zero-order chi connectivity index (χ0) is 13.4. The lowest BCUT2D eigenvalue weighted by molar-refractivity contribution is -0.126. The minimum Gasteiger partial charge on any atom is -0.356 e. The highest BCUT2D eigenvalue weighted by atomic mass is 16.2. The number of carbonyl (C=O) groups excluding carboxylic acids is 2. The topological polar surface area (TPSA) is 61.4 Å². The number of nitrogens with zero attached hydrogens (tertiary/aromatic N) is 1. The second-order valence-electron chi connectivity index (χ2n) is 4.54. The van der Waals surface area contributed by atoms with E-state index >= 15 is 0 Å². The Bertz CT molecular complexity index is 297. The van der Waals surface area contributed by atoms with Crippen molar-refractivity contribution in [3.8, 4) is 0 Å². The quantitative estimate of drug-likeness (QED) is 0.662. The van der Waals surface area contributed by atoms with Crippen LogP contribution >= 0.6 is 0 Å². The fourth-order valence-electron chi connectivity index (χ4n) is 2.12. The first kappa shape index (κ1) is 14.7. The molecule has 1 rings (SSSR count). The van der Waals surface area contributed by atoms with Crippen molar-refractivity contribution in [1.82, 2.24) is 15.5 Å². The lowest BCUT2D eigenvalue weighted by Crippen LogP contribution is -2.44. The third kappa shape index (κ3) is 4.87. The van der Waals surface area contributed by atoms with Crippen LogP contribution in [-0.4, -0.2) is 49.4 Å². The van der Waals surface area contributed by atoms with Gasteiger partial charge in [0.1, 0.15) is 0 Å². The zero-order valence-electron chi connectivity index (χ0n) is 11.1. The molecule has 1 aliphatic rings. The minimum absolute atomic E-state index is 0.0198. The van der Waals surface area contributed by atoms with E-state index in [-0.39, 0.29) is 17.7 Å². The highest BCUT2D eigenvalue weighted by molar-refractivity contribution is 5.79. The van der Waals surface area contributed by atoms with Gasteiger partial charge in [0.05, 0.1) is 6.54 Å². The molecule has 1 fully saturated rings. The average molecular weight is 253 g/mol. The fourth-order valence-corrected chi connectivity index (χ4v) is 2.12. The molecular weight excluding hydrogens is 230 g/mol. The first-order valence-electron chi connectivity index (χ1n) is 6.55. The predicted octanol–water partition coefficient (Wildman–Crippen LogP) is 0.137. The maximum absolute atomic E-state index is 11.6. The van der Waals surface area contributed by atoms with Gasteiger partial charge >= 0.3 is 0 Å². The third-order valence-corrected chi connectivity index (χ3v) is 3.12. The zero-order valence-corrected chi connectivity index (χ0v) is 11.1. The third-order valence-electron chi connectivity index (χ3n) is 3.12. The number of hydrogen-bond acceptors (Lipinski definition) is 3.